The molecule has 1 aromatic rings. The van der Waals surface area contributed by atoms with E-state index >= 15 is 0 Å². The van der Waals surface area contributed by atoms with Gasteiger partial charge in [0.25, 0.3) is 0 Å². The van der Waals surface area contributed by atoms with E-state index in [2.05, 4.69) is 9.72 Å². The lowest BCUT2D eigenvalue weighted by molar-refractivity contribution is 0.0592. The summed E-state index contributed by atoms with van der Waals surface area (Å²) < 4.78 is 9.32. The van der Waals surface area contributed by atoms with Gasteiger partial charge in [0.05, 0.1) is 19.8 Å². The summed E-state index contributed by atoms with van der Waals surface area (Å²) in [4.78, 5) is 27.3. The predicted octanol–water partition coefficient (Wildman–Crippen LogP) is 1.14. The van der Waals surface area contributed by atoms with Crippen molar-refractivity contribution in [2.45, 2.75) is 19.3 Å². The van der Waals surface area contributed by atoms with Gasteiger partial charge in [0, 0.05) is 5.69 Å². The average Bonchev–Trinajstić information content (AvgIpc) is 2.83. The molecule has 0 fully saturated rings. The number of aryl methyl sites for hydroxylation is 1. The molecule has 0 aromatic carbocycles. The highest BCUT2D eigenvalue weighted by Gasteiger charge is 2.24. The van der Waals surface area contributed by atoms with Gasteiger partial charge in [-0.05, 0) is 30.9 Å². The molecule has 1 aliphatic rings. The summed E-state index contributed by atoms with van der Waals surface area (Å²) in [6.07, 6.45) is 2.52. The van der Waals surface area contributed by atoms with Crippen molar-refractivity contribution >= 4 is 11.9 Å². The van der Waals surface area contributed by atoms with Crippen LogP contribution >= 0.6 is 0 Å². The van der Waals surface area contributed by atoms with Gasteiger partial charge < -0.3 is 9.47 Å². The van der Waals surface area contributed by atoms with E-state index < -0.39 is 11.9 Å². The van der Waals surface area contributed by atoms with Crippen LogP contribution in [0.4, 0.5) is 0 Å². The zero-order valence-corrected chi connectivity index (χ0v) is 9.78. The fourth-order valence-corrected chi connectivity index (χ4v) is 2.04. The monoisotopic (exact) mass is 235 g/mol. The van der Waals surface area contributed by atoms with Crippen molar-refractivity contribution in [2.24, 2.45) is 0 Å². The summed E-state index contributed by atoms with van der Waals surface area (Å²) >= 11 is 0. The first-order valence-electron chi connectivity index (χ1n) is 5.36. The number of rotatable bonds is 2. The van der Waals surface area contributed by atoms with Gasteiger partial charge in [-0.25, -0.2) is 14.6 Å². The van der Waals surface area contributed by atoms with Crippen molar-refractivity contribution in [2.75, 3.05) is 14.2 Å². The second kappa shape index (κ2) is 4.53. The number of methoxy groups -OCH3 is 2. The summed E-state index contributed by atoms with van der Waals surface area (Å²) in [6.45, 7) is 0. The number of aromatic nitrogens is 1. The summed E-state index contributed by atoms with van der Waals surface area (Å²) in [5.74, 6) is -0.972. The third kappa shape index (κ3) is 2.00. The summed E-state index contributed by atoms with van der Waals surface area (Å²) in [5, 5.41) is 0. The molecule has 90 valence electrons. The molecule has 1 heterocycles. The van der Waals surface area contributed by atoms with Crippen molar-refractivity contribution < 1.29 is 19.1 Å². The van der Waals surface area contributed by atoms with E-state index in [9.17, 15) is 9.59 Å². The number of pyridine rings is 1. The molecule has 0 saturated heterocycles. The Morgan fingerprint density at radius 3 is 2.53 bits per heavy atom. The summed E-state index contributed by atoms with van der Waals surface area (Å²) in [6, 6.07) is 1.45. The Kier molecular flexibility index (Phi) is 3.08. The first-order chi connectivity index (χ1) is 8.17. The Balaban J connectivity index is 2.53. The van der Waals surface area contributed by atoms with Crippen molar-refractivity contribution in [3.05, 3.63) is 28.6 Å². The van der Waals surface area contributed by atoms with Crippen LogP contribution in [0.15, 0.2) is 6.07 Å². The number of ether oxygens (including phenoxy) is 2. The van der Waals surface area contributed by atoms with Gasteiger partial charge in [-0.1, -0.05) is 0 Å². The molecule has 0 unspecified atom stereocenters. The molecule has 0 N–H and O–H groups in total. The number of fused-ring (bicyclic) bond motifs is 1. The van der Waals surface area contributed by atoms with E-state index in [0.29, 0.717) is 5.56 Å². The minimum Gasteiger partial charge on any atom is -0.465 e. The maximum absolute atomic E-state index is 11.6. The number of carbonyl (C=O) groups excluding carboxylic acids is 2. The highest BCUT2D eigenvalue weighted by Crippen LogP contribution is 2.25. The molecule has 0 bridgehead atoms. The minimum absolute atomic E-state index is 0.161. The molecule has 17 heavy (non-hydrogen) atoms. The first kappa shape index (κ1) is 11.6. The molecule has 0 spiro atoms. The highest BCUT2D eigenvalue weighted by molar-refractivity contribution is 5.95. The smallest absolute Gasteiger partial charge is 0.356 e. The molecule has 5 heteroatoms. The number of esters is 2. The Labute approximate surface area is 98.7 Å². The molecule has 1 aliphatic carbocycles. The number of nitrogens with zero attached hydrogens (tertiary/aromatic N) is 1. The Bertz CT molecular complexity index is 482. The zero-order chi connectivity index (χ0) is 12.4. The molecule has 0 radical (unpaired) electrons. The van der Waals surface area contributed by atoms with Crippen LogP contribution in [0.25, 0.3) is 0 Å². The standard InChI is InChI=1S/C12H13NO4/c1-16-11(14)8-6-10(12(15)17-2)13-9-5-3-4-7(8)9/h6H,3-5H2,1-2H3. The van der Waals surface area contributed by atoms with Gasteiger partial charge in [0.2, 0.25) is 0 Å². The average molecular weight is 235 g/mol. The lowest BCUT2D eigenvalue weighted by atomic mass is 10.1. The zero-order valence-electron chi connectivity index (χ0n) is 9.78. The summed E-state index contributed by atoms with van der Waals surface area (Å²) in [7, 11) is 2.61. The minimum atomic E-state index is -0.537. The normalized spacial score (nSPS) is 13.1. The van der Waals surface area contributed by atoms with E-state index in [1.54, 1.807) is 0 Å². The molecular formula is C12H13NO4. The SMILES string of the molecule is COC(=O)c1cc(C(=O)OC)c2c(n1)CCC2. The predicted molar refractivity (Wildman–Crippen MR) is 58.9 cm³/mol. The van der Waals surface area contributed by atoms with Crippen LogP contribution in [-0.4, -0.2) is 31.1 Å². The van der Waals surface area contributed by atoms with Crippen LogP contribution in [0.2, 0.25) is 0 Å². The van der Waals surface area contributed by atoms with E-state index in [1.807, 2.05) is 0 Å². The van der Waals surface area contributed by atoms with Crippen LogP contribution in [0, 0.1) is 0 Å². The Hall–Kier alpha value is -1.91. The van der Waals surface area contributed by atoms with Gasteiger partial charge in [-0.2, -0.15) is 0 Å². The molecule has 0 aliphatic heterocycles. The maximum atomic E-state index is 11.6. The van der Waals surface area contributed by atoms with Gasteiger partial charge in [0.1, 0.15) is 5.69 Å². The third-order valence-electron chi connectivity index (χ3n) is 2.85. The lowest BCUT2D eigenvalue weighted by Gasteiger charge is -2.08. The second-order valence-electron chi connectivity index (χ2n) is 3.82. The molecule has 2 rings (SSSR count). The number of hydrogen-bond donors (Lipinski definition) is 0. The third-order valence-corrected chi connectivity index (χ3v) is 2.85. The molecule has 1 aromatic heterocycles. The highest BCUT2D eigenvalue weighted by atomic mass is 16.5. The van der Waals surface area contributed by atoms with Gasteiger partial charge in [0.15, 0.2) is 0 Å². The Morgan fingerprint density at radius 1 is 1.18 bits per heavy atom. The molecule has 0 amide bonds. The van der Waals surface area contributed by atoms with E-state index in [1.165, 1.54) is 20.3 Å². The van der Waals surface area contributed by atoms with Crippen molar-refractivity contribution in [1.82, 2.24) is 4.98 Å². The van der Waals surface area contributed by atoms with Crippen LogP contribution in [0.1, 0.15) is 38.5 Å². The molecule has 0 atom stereocenters. The van der Waals surface area contributed by atoms with Crippen molar-refractivity contribution in [1.29, 1.82) is 0 Å². The Morgan fingerprint density at radius 2 is 1.88 bits per heavy atom. The number of carbonyl (C=O) groups is 2. The fraction of sp³-hybridized carbons (Fsp3) is 0.417. The van der Waals surface area contributed by atoms with E-state index in [4.69, 9.17) is 4.74 Å². The van der Waals surface area contributed by atoms with E-state index in [-0.39, 0.29) is 5.69 Å². The molecule has 0 saturated carbocycles. The van der Waals surface area contributed by atoms with Crippen LogP contribution in [0.5, 0.6) is 0 Å². The van der Waals surface area contributed by atoms with Crippen molar-refractivity contribution in [3.63, 3.8) is 0 Å². The van der Waals surface area contributed by atoms with E-state index in [0.717, 1.165) is 30.5 Å². The van der Waals surface area contributed by atoms with Crippen molar-refractivity contribution in [3.8, 4) is 0 Å². The lowest BCUT2D eigenvalue weighted by Crippen LogP contribution is -2.12. The topological polar surface area (TPSA) is 65.5 Å². The van der Waals surface area contributed by atoms with Crippen LogP contribution < -0.4 is 0 Å². The molecular weight excluding hydrogens is 222 g/mol. The fourth-order valence-electron chi connectivity index (χ4n) is 2.04. The van der Waals surface area contributed by atoms with Gasteiger partial charge >= 0.3 is 11.9 Å². The van der Waals surface area contributed by atoms with Gasteiger partial charge in [-0.3, -0.25) is 0 Å². The summed E-state index contributed by atoms with van der Waals surface area (Å²) in [5.41, 5.74) is 2.28. The first-order valence-corrected chi connectivity index (χ1v) is 5.36. The van der Waals surface area contributed by atoms with Crippen LogP contribution in [0.3, 0.4) is 0 Å². The maximum Gasteiger partial charge on any atom is 0.356 e. The quantitative estimate of drug-likeness (QED) is 0.719. The van der Waals surface area contributed by atoms with Gasteiger partial charge in [-0.15, -0.1) is 0 Å². The molecule has 5 nitrogen and oxygen atoms in total. The largest absolute Gasteiger partial charge is 0.465 e. The van der Waals surface area contributed by atoms with Crippen LogP contribution in [-0.2, 0) is 22.3 Å². The number of hydrogen-bond acceptors (Lipinski definition) is 5. The second-order valence-corrected chi connectivity index (χ2v) is 3.82.